The van der Waals surface area contributed by atoms with Gasteiger partial charge in [0.05, 0.1) is 6.04 Å². The Bertz CT molecular complexity index is 319. The molecule has 1 fully saturated rings. The fourth-order valence-electron chi connectivity index (χ4n) is 2.42. The zero-order chi connectivity index (χ0) is 10.8. The zero-order valence-corrected chi connectivity index (χ0v) is 9.57. The van der Waals surface area contributed by atoms with Crippen molar-refractivity contribution in [2.45, 2.75) is 38.8 Å². The van der Waals surface area contributed by atoms with E-state index in [1.165, 1.54) is 6.42 Å². The van der Waals surface area contributed by atoms with E-state index in [4.69, 9.17) is 10.2 Å². The summed E-state index contributed by atoms with van der Waals surface area (Å²) >= 11 is 0. The Morgan fingerprint density at radius 1 is 1.53 bits per heavy atom. The van der Waals surface area contributed by atoms with Gasteiger partial charge in [0.15, 0.2) is 0 Å². The van der Waals surface area contributed by atoms with Crippen LogP contribution in [0.25, 0.3) is 0 Å². The highest BCUT2D eigenvalue weighted by atomic mass is 16.3. The van der Waals surface area contributed by atoms with E-state index < -0.39 is 0 Å². The molecule has 0 spiro atoms. The zero-order valence-electron chi connectivity index (χ0n) is 9.57. The van der Waals surface area contributed by atoms with Crippen LogP contribution in [-0.4, -0.2) is 24.0 Å². The average Bonchev–Trinajstić information content (AvgIpc) is 2.74. The van der Waals surface area contributed by atoms with Gasteiger partial charge in [0, 0.05) is 12.6 Å². The van der Waals surface area contributed by atoms with Crippen LogP contribution in [0.3, 0.4) is 0 Å². The number of hydrogen-bond donors (Lipinski definition) is 1. The Labute approximate surface area is 91.2 Å². The molecular weight excluding hydrogens is 188 g/mol. The largest absolute Gasteiger partial charge is 0.465 e. The second-order valence-corrected chi connectivity index (χ2v) is 4.38. The standard InChI is InChI=1S/C12H20N2O/c1-3-7-14-8-6-10(13)12(14)11-5-4-9(2)15-11/h4-5,10,12H,3,6-8,13H2,1-2H3/t10-,12-/m1/s1. The monoisotopic (exact) mass is 208 g/mol. The van der Waals surface area contributed by atoms with E-state index in [0.717, 1.165) is 31.0 Å². The molecule has 3 nitrogen and oxygen atoms in total. The van der Waals surface area contributed by atoms with Crippen LogP contribution in [-0.2, 0) is 0 Å². The molecule has 0 aliphatic carbocycles. The molecule has 15 heavy (non-hydrogen) atoms. The highest BCUT2D eigenvalue weighted by Crippen LogP contribution is 2.32. The van der Waals surface area contributed by atoms with E-state index in [-0.39, 0.29) is 6.04 Å². The van der Waals surface area contributed by atoms with Crippen molar-refractivity contribution in [3.05, 3.63) is 23.7 Å². The van der Waals surface area contributed by atoms with Crippen LogP contribution < -0.4 is 5.73 Å². The summed E-state index contributed by atoms with van der Waals surface area (Å²) in [6.07, 6.45) is 2.24. The van der Waals surface area contributed by atoms with Gasteiger partial charge >= 0.3 is 0 Å². The lowest BCUT2D eigenvalue weighted by Gasteiger charge is -2.24. The van der Waals surface area contributed by atoms with Gasteiger partial charge in [0.1, 0.15) is 11.5 Å². The van der Waals surface area contributed by atoms with Crippen LogP contribution >= 0.6 is 0 Å². The highest BCUT2D eigenvalue weighted by molar-refractivity contribution is 5.13. The third-order valence-corrected chi connectivity index (χ3v) is 3.11. The number of aryl methyl sites for hydroxylation is 1. The Morgan fingerprint density at radius 3 is 2.93 bits per heavy atom. The van der Waals surface area contributed by atoms with Crippen molar-refractivity contribution in [2.75, 3.05) is 13.1 Å². The maximum atomic E-state index is 6.14. The van der Waals surface area contributed by atoms with Crippen molar-refractivity contribution < 1.29 is 4.42 Å². The average molecular weight is 208 g/mol. The summed E-state index contributed by atoms with van der Waals surface area (Å²) in [5.41, 5.74) is 6.14. The summed E-state index contributed by atoms with van der Waals surface area (Å²) in [5, 5.41) is 0. The first-order valence-corrected chi connectivity index (χ1v) is 5.78. The number of nitrogens with two attached hydrogens (primary N) is 1. The van der Waals surface area contributed by atoms with Crippen molar-refractivity contribution >= 4 is 0 Å². The molecule has 84 valence electrons. The highest BCUT2D eigenvalue weighted by Gasteiger charge is 2.34. The second-order valence-electron chi connectivity index (χ2n) is 4.38. The van der Waals surface area contributed by atoms with E-state index in [1.54, 1.807) is 0 Å². The van der Waals surface area contributed by atoms with Crippen molar-refractivity contribution in [2.24, 2.45) is 5.73 Å². The summed E-state index contributed by atoms with van der Waals surface area (Å²) in [6.45, 7) is 6.39. The molecule has 0 bridgehead atoms. The number of rotatable bonds is 3. The quantitative estimate of drug-likeness (QED) is 0.827. The van der Waals surface area contributed by atoms with E-state index in [0.29, 0.717) is 6.04 Å². The minimum atomic E-state index is 0.224. The maximum absolute atomic E-state index is 6.14. The molecular formula is C12H20N2O. The van der Waals surface area contributed by atoms with E-state index in [2.05, 4.69) is 17.9 Å². The molecule has 2 atom stereocenters. The van der Waals surface area contributed by atoms with Crippen LogP contribution in [0.2, 0.25) is 0 Å². The third kappa shape index (κ3) is 2.08. The summed E-state index contributed by atoms with van der Waals surface area (Å²) in [7, 11) is 0. The van der Waals surface area contributed by atoms with Crippen LogP contribution in [0, 0.1) is 6.92 Å². The molecule has 1 aliphatic heterocycles. The maximum Gasteiger partial charge on any atom is 0.122 e. The van der Waals surface area contributed by atoms with E-state index in [1.807, 2.05) is 13.0 Å². The Hall–Kier alpha value is -0.800. The molecule has 0 aromatic carbocycles. The van der Waals surface area contributed by atoms with E-state index in [9.17, 15) is 0 Å². The number of furan rings is 1. The van der Waals surface area contributed by atoms with Crippen LogP contribution in [0.4, 0.5) is 0 Å². The number of nitrogens with zero attached hydrogens (tertiary/aromatic N) is 1. The first-order valence-electron chi connectivity index (χ1n) is 5.78. The van der Waals surface area contributed by atoms with Crippen LogP contribution in [0.5, 0.6) is 0 Å². The molecule has 1 aromatic rings. The molecule has 0 saturated carbocycles. The molecule has 1 saturated heterocycles. The molecule has 0 unspecified atom stereocenters. The van der Waals surface area contributed by atoms with Gasteiger partial charge in [-0.15, -0.1) is 0 Å². The fraction of sp³-hybridized carbons (Fsp3) is 0.667. The minimum absolute atomic E-state index is 0.224. The first-order chi connectivity index (χ1) is 7.22. The Kier molecular flexibility index (Phi) is 3.12. The summed E-state index contributed by atoms with van der Waals surface area (Å²) in [4.78, 5) is 2.43. The van der Waals surface area contributed by atoms with Crippen molar-refractivity contribution in [1.82, 2.24) is 4.90 Å². The smallest absolute Gasteiger partial charge is 0.122 e. The summed E-state index contributed by atoms with van der Waals surface area (Å²) < 4.78 is 5.69. The van der Waals surface area contributed by atoms with Gasteiger partial charge in [-0.05, 0) is 38.4 Å². The number of likely N-dealkylation sites (tertiary alicyclic amines) is 1. The van der Waals surface area contributed by atoms with Gasteiger partial charge in [0.2, 0.25) is 0 Å². The van der Waals surface area contributed by atoms with Gasteiger partial charge < -0.3 is 10.2 Å². The van der Waals surface area contributed by atoms with Gasteiger partial charge in [-0.25, -0.2) is 0 Å². The van der Waals surface area contributed by atoms with E-state index >= 15 is 0 Å². The van der Waals surface area contributed by atoms with Gasteiger partial charge in [0.25, 0.3) is 0 Å². The molecule has 1 aliphatic rings. The third-order valence-electron chi connectivity index (χ3n) is 3.11. The number of hydrogen-bond acceptors (Lipinski definition) is 3. The van der Waals surface area contributed by atoms with Gasteiger partial charge in [-0.1, -0.05) is 6.92 Å². The van der Waals surface area contributed by atoms with Crippen molar-refractivity contribution in [1.29, 1.82) is 0 Å². The molecule has 3 heteroatoms. The molecule has 2 N–H and O–H groups in total. The molecule has 0 radical (unpaired) electrons. The lowest BCUT2D eigenvalue weighted by molar-refractivity contribution is 0.217. The molecule has 2 heterocycles. The lowest BCUT2D eigenvalue weighted by Crippen LogP contribution is -2.31. The van der Waals surface area contributed by atoms with Crippen molar-refractivity contribution in [3.63, 3.8) is 0 Å². The predicted octanol–water partition coefficient (Wildman–Crippen LogP) is 2.07. The Balaban J connectivity index is 2.17. The Morgan fingerprint density at radius 2 is 2.33 bits per heavy atom. The molecule has 0 amide bonds. The fourth-order valence-corrected chi connectivity index (χ4v) is 2.42. The summed E-state index contributed by atoms with van der Waals surface area (Å²) in [5.74, 6) is 2.01. The van der Waals surface area contributed by atoms with Crippen molar-refractivity contribution in [3.8, 4) is 0 Å². The summed E-state index contributed by atoms with van der Waals surface area (Å²) in [6, 6.07) is 4.60. The van der Waals surface area contributed by atoms with Gasteiger partial charge in [-0.3, -0.25) is 4.90 Å². The van der Waals surface area contributed by atoms with Crippen LogP contribution in [0.15, 0.2) is 16.5 Å². The topological polar surface area (TPSA) is 42.4 Å². The van der Waals surface area contributed by atoms with Crippen LogP contribution in [0.1, 0.15) is 37.3 Å². The lowest BCUT2D eigenvalue weighted by atomic mass is 10.1. The second kappa shape index (κ2) is 4.37. The first kappa shape index (κ1) is 10.7. The predicted molar refractivity (Wildman–Crippen MR) is 60.6 cm³/mol. The normalized spacial score (nSPS) is 27.4. The van der Waals surface area contributed by atoms with Gasteiger partial charge in [-0.2, -0.15) is 0 Å². The SMILES string of the molecule is CCCN1CC[C@@H](N)[C@@H]1c1ccc(C)o1. The molecule has 2 rings (SSSR count). The molecule has 1 aromatic heterocycles. The minimum Gasteiger partial charge on any atom is -0.465 e.